The summed E-state index contributed by atoms with van der Waals surface area (Å²) in [6.07, 6.45) is 1.05. The highest BCUT2D eigenvalue weighted by atomic mass is 35.5. The van der Waals surface area contributed by atoms with Crippen LogP contribution in [-0.4, -0.2) is 31.4 Å². The molecule has 8 nitrogen and oxygen atoms in total. The third-order valence-corrected chi connectivity index (χ3v) is 6.47. The molecule has 184 valence electrons. The van der Waals surface area contributed by atoms with Gasteiger partial charge in [-0.15, -0.1) is 0 Å². The van der Waals surface area contributed by atoms with Gasteiger partial charge in [0, 0.05) is 22.2 Å². The van der Waals surface area contributed by atoms with Crippen molar-refractivity contribution < 1.29 is 22.7 Å². The van der Waals surface area contributed by atoms with Gasteiger partial charge >= 0.3 is 5.97 Å². The molecule has 0 bridgehead atoms. The molecular formula is C25H24ClN2O6S-. The average Bonchev–Trinajstić information content (AvgIpc) is 2.79. The Morgan fingerprint density at radius 1 is 1.14 bits per heavy atom. The van der Waals surface area contributed by atoms with E-state index in [0.29, 0.717) is 38.7 Å². The lowest BCUT2D eigenvalue weighted by Crippen LogP contribution is -2.50. The van der Waals surface area contributed by atoms with Crippen LogP contribution in [0, 0.1) is 5.21 Å². The minimum atomic E-state index is -3.49. The fourth-order valence-electron chi connectivity index (χ4n) is 3.87. The summed E-state index contributed by atoms with van der Waals surface area (Å²) in [7, 11) is -3.49. The molecule has 3 aromatic carbocycles. The van der Waals surface area contributed by atoms with Crippen LogP contribution in [0.4, 0.5) is 5.69 Å². The zero-order chi connectivity index (χ0) is 25.4. The lowest BCUT2D eigenvalue weighted by molar-refractivity contribution is -0.0601. The molecule has 0 saturated heterocycles. The summed E-state index contributed by atoms with van der Waals surface area (Å²) in [5, 5.41) is 14.6. The van der Waals surface area contributed by atoms with E-state index in [1.807, 2.05) is 0 Å². The molecule has 1 unspecified atom stereocenters. The van der Waals surface area contributed by atoms with E-state index in [0.717, 1.165) is 11.3 Å². The molecule has 0 amide bonds. The van der Waals surface area contributed by atoms with Crippen LogP contribution in [-0.2, 0) is 21.4 Å². The predicted octanol–water partition coefficient (Wildman–Crippen LogP) is 5.09. The van der Waals surface area contributed by atoms with Gasteiger partial charge in [-0.05, 0) is 49.7 Å². The molecular weight excluding hydrogens is 492 g/mol. The van der Waals surface area contributed by atoms with Crippen LogP contribution in [0.2, 0.25) is 5.02 Å². The number of fused-ring (bicyclic) bond motifs is 1. The quantitative estimate of drug-likeness (QED) is 0.456. The first-order chi connectivity index (χ1) is 16.4. The number of nitrogens with one attached hydrogen (secondary N) is 1. The van der Waals surface area contributed by atoms with Crippen molar-refractivity contribution in [3.8, 4) is 5.75 Å². The second-order valence-corrected chi connectivity index (χ2v) is 10.9. The van der Waals surface area contributed by atoms with Crippen LogP contribution >= 0.6 is 11.6 Å². The molecule has 1 atom stereocenters. The number of carbonyl (C=O) groups excluding carboxylic acids is 1. The first-order valence-corrected chi connectivity index (χ1v) is 13.0. The highest BCUT2D eigenvalue weighted by Crippen LogP contribution is 2.45. The van der Waals surface area contributed by atoms with Crippen molar-refractivity contribution in [1.82, 2.24) is 5.06 Å². The highest BCUT2D eigenvalue weighted by molar-refractivity contribution is 7.92. The maximum absolute atomic E-state index is 13.3. The Hall–Kier alpha value is -3.11. The molecule has 0 saturated carbocycles. The summed E-state index contributed by atoms with van der Waals surface area (Å²) in [5.74, 6) is -0.103. The summed E-state index contributed by atoms with van der Waals surface area (Å²) >= 11 is 6.37. The minimum Gasteiger partial charge on any atom is -0.782 e. The molecule has 3 aromatic rings. The molecule has 0 spiro atoms. The molecule has 0 aromatic heterocycles. The van der Waals surface area contributed by atoms with E-state index in [2.05, 4.69) is 4.72 Å². The van der Waals surface area contributed by atoms with Crippen molar-refractivity contribution in [2.45, 2.75) is 32.2 Å². The lowest BCUT2D eigenvalue weighted by Gasteiger charge is -2.52. The molecule has 1 aliphatic heterocycles. The van der Waals surface area contributed by atoms with Gasteiger partial charge in [-0.3, -0.25) is 4.72 Å². The normalized spacial score (nSPS) is 17.2. The summed E-state index contributed by atoms with van der Waals surface area (Å²) in [4.78, 5) is 12.4. The summed E-state index contributed by atoms with van der Waals surface area (Å²) < 4.78 is 37.0. The number of halogens is 1. The number of rotatable bonds is 6. The largest absolute Gasteiger partial charge is 0.782 e. The van der Waals surface area contributed by atoms with E-state index in [4.69, 9.17) is 21.1 Å². The standard InChI is InChI=1S/C25H24ClN2O6S/c1-25(2)28(30)23(20-11-10-19(14-22(20)34-25)27-35(3,31)32)17-9-12-21(26)18(13-17)15-33-24(29)16-7-5-4-6-8-16/h4-14,23,27H,15H2,1-3H3/q-1. The topological polar surface area (TPSA) is 108 Å². The zero-order valence-corrected chi connectivity index (χ0v) is 20.9. The Bertz CT molecular complexity index is 1360. The minimum absolute atomic E-state index is 0.0735. The number of ether oxygens (including phenoxy) is 2. The van der Waals surface area contributed by atoms with Crippen molar-refractivity contribution >= 4 is 33.3 Å². The van der Waals surface area contributed by atoms with Crippen LogP contribution in [0.15, 0.2) is 66.7 Å². The van der Waals surface area contributed by atoms with E-state index in [1.54, 1.807) is 80.6 Å². The molecule has 35 heavy (non-hydrogen) atoms. The van der Waals surface area contributed by atoms with Crippen molar-refractivity contribution in [2.24, 2.45) is 0 Å². The Morgan fingerprint density at radius 2 is 1.86 bits per heavy atom. The Labute approximate surface area is 209 Å². The molecule has 4 rings (SSSR count). The first kappa shape index (κ1) is 25.0. The van der Waals surface area contributed by atoms with Crippen molar-refractivity contribution in [3.05, 3.63) is 99.2 Å². The molecule has 1 N–H and O–H groups in total. The van der Waals surface area contributed by atoms with Crippen molar-refractivity contribution in [3.63, 3.8) is 0 Å². The molecule has 1 aliphatic rings. The fourth-order valence-corrected chi connectivity index (χ4v) is 4.60. The van der Waals surface area contributed by atoms with E-state index < -0.39 is 27.8 Å². The third-order valence-electron chi connectivity index (χ3n) is 5.49. The molecule has 0 radical (unpaired) electrons. The molecule has 0 aliphatic carbocycles. The number of hydrogen-bond donors (Lipinski definition) is 1. The molecule has 1 heterocycles. The molecule has 0 fully saturated rings. The third kappa shape index (κ3) is 5.59. The van der Waals surface area contributed by atoms with Crippen molar-refractivity contribution in [1.29, 1.82) is 0 Å². The van der Waals surface area contributed by atoms with Crippen LogP contribution < -0.4 is 9.46 Å². The van der Waals surface area contributed by atoms with Gasteiger partial charge < -0.3 is 19.7 Å². The van der Waals surface area contributed by atoms with Crippen molar-refractivity contribution in [2.75, 3.05) is 11.0 Å². The Balaban J connectivity index is 1.66. The maximum atomic E-state index is 13.3. The summed E-state index contributed by atoms with van der Waals surface area (Å²) in [6.45, 7) is 3.19. The van der Waals surface area contributed by atoms with Gasteiger partial charge in [-0.2, -0.15) is 0 Å². The van der Waals surface area contributed by atoms with Crippen LogP contribution in [0.1, 0.15) is 46.9 Å². The fraction of sp³-hybridized carbons (Fsp3) is 0.240. The number of hydrogen-bond acceptors (Lipinski definition) is 7. The van der Waals surface area contributed by atoms with Gasteiger partial charge in [0.25, 0.3) is 0 Å². The maximum Gasteiger partial charge on any atom is 0.338 e. The summed E-state index contributed by atoms with van der Waals surface area (Å²) in [6, 6.07) is 17.7. The van der Waals surface area contributed by atoms with Gasteiger partial charge in [0.05, 0.1) is 23.5 Å². The Kier molecular flexibility index (Phi) is 6.79. The van der Waals surface area contributed by atoms with E-state index in [1.165, 1.54) is 0 Å². The molecule has 10 heteroatoms. The zero-order valence-electron chi connectivity index (χ0n) is 19.3. The van der Waals surface area contributed by atoms with Crippen LogP contribution in [0.25, 0.3) is 0 Å². The van der Waals surface area contributed by atoms with Gasteiger partial charge in [0.15, 0.2) is 0 Å². The average molecular weight is 516 g/mol. The second-order valence-electron chi connectivity index (χ2n) is 8.70. The second kappa shape index (κ2) is 9.50. The lowest BCUT2D eigenvalue weighted by atomic mass is 9.93. The number of sulfonamides is 1. The number of hydroxylamine groups is 2. The van der Waals surface area contributed by atoms with Crippen LogP contribution in [0.3, 0.4) is 0 Å². The van der Waals surface area contributed by atoms with Gasteiger partial charge in [-0.1, -0.05) is 41.9 Å². The first-order valence-electron chi connectivity index (χ1n) is 10.7. The van der Waals surface area contributed by atoms with E-state index in [-0.39, 0.29) is 6.61 Å². The number of carbonyl (C=O) groups is 1. The number of anilines is 1. The number of benzene rings is 3. The predicted molar refractivity (Wildman–Crippen MR) is 134 cm³/mol. The van der Waals surface area contributed by atoms with Gasteiger partial charge in [0.1, 0.15) is 18.1 Å². The number of nitrogens with zero attached hydrogens (tertiary/aromatic N) is 1. The monoisotopic (exact) mass is 515 g/mol. The highest BCUT2D eigenvalue weighted by Gasteiger charge is 2.37. The van der Waals surface area contributed by atoms with Gasteiger partial charge in [0.2, 0.25) is 10.0 Å². The van der Waals surface area contributed by atoms with Gasteiger partial charge in [-0.25, -0.2) is 13.2 Å². The van der Waals surface area contributed by atoms with Crippen LogP contribution in [0.5, 0.6) is 5.75 Å². The summed E-state index contributed by atoms with van der Waals surface area (Å²) in [5.41, 5.74) is 1.24. The SMILES string of the molecule is CC1(C)Oc2cc(NS(C)(=O)=O)ccc2C(c2ccc(Cl)c(COC(=O)c3ccccc3)c2)N1[O-]. The smallest absolute Gasteiger partial charge is 0.338 e. The van der Waals surface area contributed by atoms with E-state index in [9.17, 15) is 18.4 Å². The Morgan fingerprint density at radius 3 is 2.54 bits per heavy atom. The number of esters is 1. The van der Waals surface area contributed by atoms with E-state index >= 15 is 0 Å².